The average molecular weight is 436 g/mol. The van der Waals surface area contributed by atoms with Crippen molar-refractivity contribution < 1.29 is 9.53 Å². The lowest BCUT2D eigenvalue weighted by Gasteiger charge is -2.38. The topological polar surface area (TPSA) is 80.2 Å². The molecule has 0 aliphatic carbocycles. The lowest BCUT2D eigenvalue weighted by Crippen LogP contribution is -2.38. The van der Waals surface area contributed by atoms with E-state index in [1.165, 1.54) is 30.6 Å². The fraction of sp³-hybridized carbons (Fsp3) is 0.391. The van der Waals surface area contributed by atoms with Crippen LogP contribution in [0.3, 0.4) is 0 Å². The highest BCUT2D eigenvalue weighted by Gasteiger charge is 2.44. The molecule has 0 spiro atoms. The smallest absolute Gasteiger partial charge is 0.232 e. The van der Waals surface area contributed by atoms with Gasteiger partial charge in [-0.2, -0.15) is 4.98 Å². The molecule has 1 aromatic carbocycles. The Morgan fingerprint density at radius 2 is 1.94 bits per heavy atom. The number of nitrogens with one attached hydrogen (secondary N) is 1. The molecule has 2 aliphatic heterocycles. The van der Waals surface area contributed by atoms with E-state index in [-0.39, 0.29) is 11.8 Å². The van der Waals surface area contributed by atoms with Crippen molar-refractivity contribution in [1.29, 1.82) is 0 Å². The van der Waals surface area contributed by atoms with Crippen LogP contribution in [0, 0.1) is 5.41 Å². The van der Waals surface area contributed by atoms with Gasteiger partial charge in [-0.15, -0.1) is 10.2 Å². The number of pyridine rings is 1. The number of amides is 1. The molecular weight excluding hydrogens is 410 g/mol. The first-order valence-electron chi connectivity index (χ1n) is 10.6. The highest BCUT2D eigenvalue weighted by molar-refractivity contribution is 7.13. The molecule has 3 aromatic rings. The number of carbonyl (C=O) groups is 1. The van der Waals surface area contributed by atoms with Gasteiger partial charge in [-0.25, -0.2) is 0 Å². The number of aromatic nitrogens is 3. The molecule has 1 saturated heterocycles. The van der Waals surface area contributed by atoms with E-state index in [4.69, 9.17) is 9.72 Å². The third kappa shape index (κ3) is 3.65. The van der Waals surface area contributed by atoms with Gasteiger partial charge in [0.2, 0.25) is 16.9 Å². The molecular formula is C23H25N5O2S. The van der Waals surface area contributed by atoms with Crippen LogP contribution in [0.5, 0.6) is 11.6 Å². The minimum Gasteiger partial charge on any atom is -0.438 e. The molecule has 0 radical (unpaired) electrons. The number of piperidine rings is 1. The molecule has 1 amide bonds. The van der Waals surface area contributed by atoms with Crippen molar-refractivity contribution >= 4 is 28.2 Å². The van der Waals surface area contributed by atoms with E-state index in [1.807, 2.05) is 38.1 Å². The molecule has 0 saturated carbocycles. The van der Waals surface area contributed by atoms with Crippen LogP contribution >= 0.6 is 11.3 Å². The maximum absolute atomic E-state index is 13.3. The number of nitrogens with zero attached hydrogens (tertiary/aromatic N) is 4. The number of para-hydroxylation sites is 1. The third-order valence-corrected chi connectivity index (χ3v) is 6.80. The van der Waals surface area contributed by atoms with Crippen molar-refractivity contribution in [3.05, 3.63) is 53.0 Å². The highest BCUT2D eigenvalue weighted by atomic mass is 32.1. The van der Waals surface area contributed by atoms with Crippen LogP contribution in [-0.4, -0.2) is 34.2 Å². The molecule has 4 heterocycles. The third-order valence-electron chi connectivity index (χ3n) is 6.19. The van der Waals surface area contributed by atoms with Gasteiger partial charge >= 0.3 is 0 Å². The quantitative estimate of drug-likeness (QED) is 0.632. The van der Waals surface area contributed by atoms with E-state index in [1.54, 1.807) is 5.51 Å². The first-order chi connectivity index (χ1) is 15.0. The Balaban J connectivity index is 1.54. The molecule has 1 atom stereocenters. The zero-order valence-electron chi connectivity index (χ0n) is 17.7. The van der Waals surface area contributed by atoms with Crippen molar-refractivity contribution in [3.8, 4) is 11.6 Å². The number of anilines is 2. The Morgan fingerprint density at radius 3 is 2.71 bits per heavy atom. The van der Waals surface area contributed by atoms with Crippen LogP contribution in [0.25, 0.3) is 0 Å². The van der Waals surface area contributed by atoms with Crippen molar-refractivity contribution in [1.82, 2.24) is 15.2 Å². The normalized spacial score (nSPS) is 18.0. The summed E-state index contributed by atoms with van der Waals surface area (Å²) in [5.41, 5.74) is 2.75. The van der Waals surface area contributed by atoms with Gasteiger partial charge in [0.1, 0.15) is 17.1 Å². The number of carbonyl (C=O) groups excluding carboxylic acids is 1. The van der Waals surface area contributed by atoms with Crippen LogP contribution in [0.15, 0.2) is 41.9 Å². The van der Waals surface area contributed by atoms with Gasteiger partial charge < -0.3 is 15.0 Å². The lowest BCUT2D eigenvalue weighted by atomic mass is 9.70. The van der Waals surface area contributed by atoms with E-state index in [0.29, 0.717) is 11.0 Å². The van der Waals surface area contributed by atoms with Crippen LogP contribution in [0.1, 0.15) is 50.2 Å². The molecule has 8 heteroatoms. The van der Waals surface area contributed by atoms with Gasteiger partial charge in [0.05, 0.1) is 5.41 Å². The Hall–Kier alpha value is -3.00. The maximum Gasteiger partial charge on any atom is 0.232 e. The second-order valence-corrected chi connectivity index (χ2v) is 9.44. The molecule has 31 heavy (non-hydrogen) atoms. The summed E-state index contributed by atoms with van der Waals surface area (Å²) in [6.45, 7) is 5.94. The molecule has 1 fully saturated rings. The summed E-state index contributed by atoms with van der Waals surface area (Å²) in [5, 5.41) is 11.2. The number of fused-ring (bicyclic) bond motifs is 2. The van der Waals surface area contributed by atoms with E-state index >= 15 is 0 Å². The Kier molecular flexibility index (Phi) is 5.09. The van der Waals surface area contributed by atoms with Gasteiger partial charge in [0.25, 0.3) is 0 Å². The molecule has 0 bridgehead atoms. The lowest BCUT2D eigenvalue weighted by molar-refractivity contribution is -0.124. The number of ether oxygens (including phenoxy) is 1. The summed E-state index contributed by atoms with van der Waals surface area (Å²) in [6.07, 6.45) is 3.64. The monoisotopic (exact) mass is 435 g/mol. The Labute approximate surface area is 185 Å². The number of rotatable bonds is 4. The minimum atomic E-state index is -0.769. The summed E-state index contributed by atoms with van der Waals surface area (Å²) < 4.78 is 6.23. The van der Waals surface area contributed by atoms with E-state index in [0.717, 1.165) is 35.8 Å². The van der Waals surface area contributed by atoms with Crippen LogP contribution in [0.2, 0.25) is 0 Å². The number of hydrogen-bond acceptors (Lipinski definition) is 7. The predicted molar refractivity (Wildman–Crippen MR) is 121 cm³/mol. The van der Waals surface area contributed by atoms with Gasteiger partial charge in [-0.05, 0) is 37.5 Å². The molecule has 0 unspecified atom stereocenters. The largest absolute Gasteiger partial charge is 0.438 e. The van der Waals surface area contributed by atoms with Crippen molar-refractivity contribution in [3.63, 3.8) is 0 Å². The van der Waals surface area contributed by atoms with Crippen LogP contribution in [-0.2, 0) is 4.79 Å². The fourth-order valence-electron chi connectivity index (χ4n) is 4.52. The first-order valence-corrected chi connectivity index (χ1v) is 11.5. The van der Waals surface area contributed by atoms with Gasteiger partial charge in [-0.3, -0.25) is 4.79 Å². The minimum absolute atomic E-state index is 0.114. The summed E-state index contributed by atoms with van der Waals surface area (Å²) >= 11 is 1.31. The second-order valence-electron chi connectivity index (χ2n) is 8.60. The Bertz CT molecular complexity index is 1090. The van der Waals surface area contributed by atoms with Gasteiger partial charge in [0.15, 0.2) is 0 Å². The Morgan fingerprint density at radius 1 is 1.13 bits per heavy atom. The van der Waals surface area contributed by atoms with Gasteiger partial charge in [0, 0.05) is 30.1 Å². The van der Waals surface area contributed by atoms with E-state index in [9.17, 15) is 4.79 Å². The van der Waals surface area contributed by atoms with Crippen LogP contribution < -0.4 is 15.0 Å². The van der Waals surface area contributed by atoms with Crippen molar-refractivity contribution in [2.24, 2.45) is 5.41 Å². The SMILES string of the molecule is CC(C)(C(=O)Nc1nncs1)[C@@H]1c2ccccc2Oc2nc(N3CCCCC3)ccc21. The average Bonchev–Trinajstić information content (AvgIpc) is 3.30. The zero-order chi connectivity index (χ0) is 21.4. The van der Waals surface area contributed by atoms with Crippen molar-refractivity contribution in [2.45, 2.75) is 39.0 Å². The fourth-order valence-corrected chi connectivity index (χ4v) is 4.96. The molecule has 5 rings (SSSR count). The summed E-state index contributed by atoms with van der Waals surface area (Å²) in [5.74, 6) is 1.96. The van der Waals surface area contributed by atoms with E-state index < -0.39 is 5.41 Å². The van der Waals surface area contributed by atoms with Crippen LogP contribution in [0.4, 0.5) is 10.9 Å². The summed E-state index contributed by atoms with van der Waals surface area (Å²) in [7, 11) is 0. The highest BCUT2D eigenvalue weighted by Crippen LogP contribution is 2.52. The zero-order valence-corrected chi connectivity index (χ0v) is 18.5. The molecule has 2 aliphatic rings. The summed E-state index contributed by atoms with van der Waals surface area (Å²) in [4.78, 5) is 20.5. The molecule has 2 aromatic heterocycles. The standard InChI is InChI=1S/C23H25N5O2S/c1-23(2,21(29)26-22-27-24-14-31-22)19-15-8-4-5-9-17(15)30-20-16(19)10-11-18(25-20)28-12-6-3-7-13-28/h4-5,8-11,14,19H,3,6-7,12-13H2,1-2H3,(H,26,27,29)/t19-/m1/s1. The first kappa shape index (κ1) is 19.9. The predicted octanol–water partition coefficient (Wildman–Crippen LogP) is 4.83. The van der Waals surface area contributed by atoms with Gasteiger partial charge in [-0.1, -0.05) is 43.4 Å². The van der Waals surface area contributed by atoms with Crippen molar-refractivity contribution in [2.75, 3.05) is 23.3 Å². The molecule has 1 N–H and O–H groups in total. The second kappa shape index (κ2) is 7.92. The van der Waals surface area contributed by atoms with E-state index in [2.05, 4.69) is 32.5 Å². The number of benzene rings is 1. The number of hydrogen-bond donors (Lipinski definition) is 1. The molecule has 160 valence electrons. The maximum atomic E-state index is 13.3. The molecule has 7 nitrogen and oxygen atoms in total. The summed E-state index contributed by atoms with van der Waals surface area (Å²) in [6, 6.07) is 12.0.